The number of nitrogens with zero attached hydrogens (tertiary/aromatic N) is 4. The molecule has 2 heterocycles. The monoisotopic (exact) mass is 461 g/mol. The highest BCUT2D eigenvalue weighted by Gasteiger charge is 2.35. The fourth-order valence-corrected chi connectivity index (χ4v) is 4.40. The summed E-state index contributed by atoms with van der Waals surface area (Å²) in [5, 5.41) is 16.2. The normalized spacial score (nSPS) is 14.8. The van der Waals surface area contributed by atoms with Gasteiger partial charge in [-0.05, 0) is 54.8 Å². The van der Waals surface area contributed by atoms with Gasteiger partial charge < -0.3 is 10.2 Å². The van der Waals surface area contributed by atoms with Gasteiger partial charge in [0.15, 0.2) is 0 Å². The molecule has 4 aromatic rings. The molecule has 1 aliphatic heterocycles. The molecule has 0 radical (unpaired) electrons. The van der Waals surface area contributed by atoms with Gasteiger partial charge in [0.1, 0.15) is 5.69 Å². The number of carbonyl (C=O) groups is 2. The molecule has 0 fully saturated rings. The van der Waals surface area contributed by atoms with Gasteiger partial charge in [-0.2, -0.15) is 10.4 Å². The zero-order valence-electron chi connectivity index (χ0n) is 19.2. The lowest BCUT2D eigenvalue weighted by Crippen LogP contribution is -2.47. The van der Waals surface area contributed by atoms with E-state index in [-0.39, 0.29) is 23.2 Å². The number of nitriles is 1. The Morgan fingerprint density at radius 3 is 2.54 bits per heavy atom. The average Bonchev–Trinajstić information content (AvgIpc) is 3.30. The second-order valence-electron chi connectivity index (χ2n) is 8.59. The van der Waals surface area contributed by atoms with E-state index in [1.54, 1.807) is 33.8 Å². The van der Waals surface area contributed by atoms with Crippen molar-refractivity contribution in [2.45, 2.75) is 25.9 Å². The maximum Gasteiger partial charge on any atom is 0.277 e. The SMILES string of the molecule is C[C@H]1Cn2ncc(C(=O)Nc3cccc(C#N)c3)c2C(=O)N1c1ccc(Cc2ccccc2)cc1. The van der Waals surface area contributed by atoms with E-state index in [0.29, 0.717) is 17.8 Å². The van der Waals surface area contributed by atoms with Crippen LogP contribution >= 0.6 is 0 Å². The Balaban J connectivity index is 1.38. The molecule has 0 saturated carbocycles. The summed E-state index contributed by atoms with van der Waals surface area (Å²) in [4.78, 5) is 28.3. The van der Waals surface area contributed by atoms with Crippen LogP contribution in [0.3, 0.4) is 0 Å². The molecule has 1 N–H and O–H groups in total. The molecule has 7 heteroatoms. The number of fused-ring (bicyclic) bond motifs is 1. The van der Waals surface area contributed by atoms with Crippen LogP contribution in [0.25, 0.3) is 0 Å². The molecule has 7 nitrogen and oxygen atoms in total. The first kappa shape index (κ1) is 22.1. The van der Waals surface area contributed by atoms with E-state index in [2.05, 4.69) is 22.5 Å². The first-order valence-corrected chi connectivity index (χ1v) is 11.4. The zero-order chi connectivity index (χ0) is 24.4. The Hall–Kier alpha value is -4.70. The summed E-state index contributed by atoms with van der Waals surface area (Å²) < 4.78 is 1.59. The van der Waals surface area contributed by atoms with Gasteiger partial charge in [-0.15, -0.1) is 0 Å². The van der Waals surface area contributed by atoms with Crippen LogP contribution in [0.5, 0.6) is 0 Å². The highest BCUT2D eigenvalue weighted by Crippen LogP contribution is 2.28. The van der Waals surface area contributed by atoms with E-state index in [9.17, 15) is 9.59 Å². The van der Waals surface area contributed by atoms with Crippen LogP contribution in [0.4, 0.5) is 11.4 Å². The number of carbonyl (C=O) groups excluding carboxylic acids is 2. The number of aromatic nitrogens is 2. The first-order chi connectivity index (χ1) is 17.0. The number of rotatable bonds is 5. The average molecular weight is 462 g/mol. The number of anilines is 2. The van der Waals surface area contributed by atoms with Crippen LogP contribution in [0.2, 0.25) is 0 Å². The number of benzene rings is 3. The van der Waals surface area contributed by atoms with E-state index >= 15 is 0 Å². The third-order valence-corrected chi connectivity index (χ3v) is 6.10. The fraction of sp³-hybridized carbons (Fsp3) is 0.143. The summed E-state index contributed by atoms with van der Waals surface area (Å²) in [6.45, 7) is 2.44. The second kappa shape index (κ2) is 9.27. The second-order valence-corrected chi connectivity index (χ2v) is 8.59. The van der Waals surface area contributed by atoms with Gasteiger partial charge >= 0.3 is 0 Å². The quantitative estimate of drug-likeness (QED) is 0.469. The molecular formula is C28H23N5O2. The first-order valence-electron chi connectivity index (χ1n) is 11.4. The van der Waals surface area contributed by atoms with Crippen LogP contribution in [-0.4, -0.2) is 27.6 Å². The highest BCUT2D eigenvalue weighted by molar-refractivity contribution is 6.15. The number of hydrogen-bond donors (Lipinski definition) is 1. The molecule has 0 aliphatic carbocycles. The standard InChI is InChI=1S/C28H23N5O2/c1-19-18-32-26(25(17-30-32)27(34)31-23-9-5-8-22(15-23)16-29)28(35)33(19)24-12-10-21(11-13-24)14-20-6-3-2-4-7-20/h2-13,15,17,19H,14,18H2,1H3,(H,31,34)/t19-/m0/s1. The predicted molar refractivity (Wildman–Crippen MR) is 133 cm³/mol. The molecule has 0 unspecified atom stereocenters. The Morgan fingerprint density at radius 1 is 1.06 bits per heavy atom. The largest absolute Gasteiger partial charge is 0.322 e. The molecule has 1 aliphatic rings. The number of amides is 2. The summed E-state index contributed by atoms with van der Waals surface area (Å²) >= 11 is 0. The minimum absolute atomic E-state index is 0.127. The Bertz CT molecular complexity index is 1430. The third-order valence-electron chi connectivity index (χ3n) is 6.10. The van der Waals surface area contributed by atoms with Crippen molar-refractivity contribution in [1.29, 1.82) is 5.26 Å². The lowest BCUT2D eigenvalue weighted by Gasteiger charge is -2.34. The van der Waals surface area contributed by atoms with Crippen molar-refractivity contribution in [3.05, 3.63) is 113 Å². The van der Waals surface area contributed by atoms with Crippen molar-refractivity contribution in [2.24, 2.45) is 0 Å². The van der Waals surface area contributed by atoms with Crippen LogP contribution in [0.15, 0.2) is 85.1 Å². The summed E-state index contributed by atoms with van der Waals surface area (Å²) in [6.07, 6.45) is 2.24. The molecule has 35 heavy (non-hydrogen) atoms. The van der Waals surface area contributed by atoms with E-state index in [1.807, 2.05) is 55.5 Å². The molecule has 0 spiro atoms. The van der Waals surface area contributed by atoms with Gasteiger partial charge in [-0.1, -0.05) is 48.5 Å². The van der Waals surface area contributed by atoms with E-state index in [1.165, 1.54) is 11.8 Å². The maximum absolute atomic E-state index is 13.6. The lowest BCUT2D eigenvalue weighted by atomic mass is 10.0. The van der Waals surface area contributed by atoms with Gasteiger partial charge in [0.25, 0.3) is 11.8 Å². The molecule has 2 amide bonds. The molecule has 172 valence electrons. The van der Waals surface area contributed by atoms with Gasteiger partial charge in [0.2, 0.25) is 0 Å². The van der Waals surface area contributed by atoms with Crippen molar-refractivity contribution in [1.82, 2.24) is 9.78 Å². The molecule has 1 aromatic heterocycles. The molecular weight excluding hydrogens is 438 g/mol. The minimum Gasteiger partial charge on any atom is -0.322 e. The van der Waals surface area contributed by atoms with Gasteiger partial charge in [0.05, 0.1) is 36.0 Å². The summed E-state index contributed by atoms with van der Waals surface area (Å²) in [5.41, 5.74) is 4.53. The molecule has 0 bridgehead atoms. The Kier molecular flexibility index (Phi) is 5.86. The highest BCUT2D eigenvalue weighted by atomic mass is 16.2. The van der Waals surface area contributed by atoms with Gasteiger partial charge in [0, 0.05) is 11.4 Å². The maximum atomic E-state index is 13.6. The van der Waals surface area contributed by atoms with E-state index in [4.69, 9.17) is 5.26 Å². The lowest BCUT2D eigenvalue weighted by molar-refractivity contribution is 0.0933. The van der Waals surface area contributed by atoms with E-state index < -0.39 is 5.91 Å². The molecule has 0 saturated heterocycles. The summed E-state index contributed by atoms with van der Waals surface area (Å²) in [5.74, 6) is -0.713. The van der Waals surface area contributed by atoms with Crippen LogP contribution in [0, 0.1) is 11.3 Å². The molecule has 1 atom stereocenters. The topological polar surface area (TPSA) is 91.0 Å². The van der Waals surface area contributed by atoms with Crippen molar-refractivity contribution < 1.29 is 9.59 Å². The number of hydrogen-bond acceptors (Lipinski definition) is 4. The van der Waals surface area contributed by atoms with Crippen molar-refractivity contribution >= 4 is 23.2 Å². The van der Waals surface area contributed by atoms with Crippen LogP contribution in [0.1, 0.15) is 44.5 Å². The van der Waals surface area contributed by atoms with Crippen LogP contribution in [-0.2, 0) is 13.0 Å². The zero-order valence-corrected chi connectivity index (χ0v) is 19.2. The van der Waals surface area contributed by atoms with Gasteiger partial charge in [-0.25, -0.2) is 0 Å². The summed E-state index contributed by atoms with van der Waals surface area (Å²) in [6, 6.07) is 26.7. The molecule has 3 aromatic carbocycles. The molecule has 5 rings (SSSR count). The third kappa shape index (κ3) is 4.42. The fourth-order valence-electron chi connectivity index (χ4n) is 4.40. The van der Waals surface area contributed by atoms with Crippen molar-refractivity contribution in [3.8, 4) is 6.07 Å². The van der Waals surface area contributed by atoms with Crippen molar-refractivity contribution in [3.63, 3.8) is 0 Å². The predicted octanol–water partition coefficient (Wildman–Crippen LogP) is 4.65. The summed E-state index contributed by atoms with van der Waals surface area (Å²) in [7, 11) is 0. The van der Waals surface area contributed by atoms with Gasteiger partial charge in [-0.3, -0.25) is 14.3 Å². The smallest absolute Gasteiger partial charge is 0.277 e. The Morgan fingerprint density at radius 2 is 1.80 bits per heavy atom. The van der Waals surface area contributed by atoms with E-state index in [0.717, 1.165) is 17.7 Å². The Labute approximate surface area is 203 Å². The van der Waals surface area contributed by atoms with Crippen molar-refractivity contribution in [2.75, 3.05) is 10.2 Å². The van der Waals surface area contributed by atoms with Crippen LogP contribution < -0.4 is 10.2 Å². The minimum atomic E-state index is -0.442. The number of nitrogens with one attached hydrogen (secondary N) is 1.